The first-order chi connectivity index (χ1) is 9.35. The summed E-state index contributed by atoms with van der Waals surface area (Å²) >= 11 is 1.21. The molecule has 3 nitrogen and oxygen atoms in total. The maximum absolute atomic E-state index is 12.1. The Bertz CT molecular complexity index is 622. The van der Waals surface area contributed by atoms with Gasteiger partial charge in [0.05, 0.1) is 4.88 Å². The van der Waals surface area contributed by atoms with Gasteiger partial charge in [-0.3, -0.25) is 4.79 Å². The molecule has 20 heavy (non-hydrogen) atoms. The number of benzene rings is 1. The van der Waals surface area contributed by atoms with Crippen LogP contribution in [-0.4, -0.2) is 12.3 Å². The summed E-state index contributed by atoms with van der Waals surface area (Å²) < 4.78 is 40.3. The second kappa shape index (κ2) is 5.54. The molecule has 0 bridgehead atoms. The highest BCUT2D eigenvalue weighted by molar-refractivity contribution is 7.12. The molecule has 0 saturated heterocycles. The number of rotatable bonds is 4. The quantitative estimate of drug-likeness (QED) is 0.941. The maximum atomic E-state index is 12.1. The average molecular weight is 301 g/mol. The van der Waals surface area contributed by atoms with Crippen molar-refractivity contribution in [2.75, 3.05) is 0 Å². The zero-order valence-electron chi connectivity index (χ0n) is 10.1. The molecule has 1 amide bonds. The Balaban J connectivity index is 2.20. The minimum Gasteiger partial charge on any atom is -0.406 e. The molecule has 0 aliphatic rings. The van der Waals surface area contributed by atoms with Crippen LogP contribution in [0.3, 0.4) is 0 Å². The highest BCUT2D eigenvalue weighted by atomic mass is 32.1. The molecule has 0 aliphatic heterocycles. The van der Waals surface area contributed by atoms with Gasteiger partial charge in [0.2, 0.25) is 0 Å². The molecule has 2 rings (SSSR count). The lowest BCUT2D eigenvalue weighted by Gasteiger charge is -2.10. The molecule has 0 spiro atoms. The fourth-order valence-corrected chi connectivity index (χ4v) is 2.54. The molecular formula is C13H10F3NO2S. The highest BCUT2D eigenvalue weighted by Crippen LogP contribution is 2.25. The summed E-state index contributed by atoms with van der Waals surface area (Å²) in [5.74, 6) is -0.830. The zero-order chi connectivity index (χ0) is 14.8. The third kappa shape index (κ3) is 3.74. The van der Waals surface area contributed by atoms with Crippen LogP contribution in [0.5, 0.6) is 5.75 Å². The molecule has 7 heteroatoms. The van der Waals surface area contributed by atoms with E-state index < -0.39 is 12.3 Å². The van der Waals surface area contributed by atoms with Gasteiger partial charge in [0, 0.05) is 0 Å². The lowest BCUT2D eigenvalue weighted by molar-refractivity contribution is -0.274. The molecule has 106 valence electrons. The summed E-state index contributed by atoms with van der Waals surface area (Å²) in [6.45, 7) is 0. The van der Waals surface area contributed by atoms with Crippen LogP contribution in [-0.2, 0) is 6.42 Å². The number of alkyl halides is 3. The van der Waals surface area contributed by atoms with Gasteiger partial charge in [0.1, 0.15) is 5.75 Å². The van der Waals surface area contributed by atoms with Crippen LogP contribution >= 0.6 is 11.3 Å². The van der Waals surface area contributed by atoms with Gasteiger partial charge in [0.15, 0.2) is 0 Å². The van der Waals surface area contributed by atoms with E-state index in [1.165, 1.54) is 29.5 Å². The molecule has 0 saturated carbocycles. The van der Waals surface area contributed by atoms with E-state index in [1.807, 2.05) is 0 Å². The Morgan fingerprint density at radius 3 is 2.70 bits per heavy atom. The number of ether oxygens (including phenoxy) is 1. The third-order valence-electron chi connectivity index (χ3n) is 2.50. The number of primary amides is 1. The molecule has 1 aromatic carbocycles. The predicted molar refractivity (Wildman–Crippen MR) is 68.8 cm³/mol. The summed E-state index contributed by atoms with van der Waals surface area (Å²) in [6, 6.07) is 7.36. The lowest BCUT2D eigenvalue weighted by atomic mass is 10.1. The number of thiophene rings is 1. The largest absolute Gasteiger partial charge is 0.573 e. The van der Waals surface area contributed by atoms with Crippen molar-refractivity contribution in [3.63, 3.8) is 0 Å². The van der Waals surface area contributed by atoms with Gasteiger partial charge in [-0.05, 0) is 41.1 Å². The Morgan fingerprint density at radius 2 is 2.05 bits per heavy atom. The van der Waals surface area contributed by atoms with Gasteiger partial charge >= 0.3 is 6.36 Å². The number of carbonyl (C=O) groups excluding carboxylic acids is 1. The molecule has 1 aromatic heterocycles. The first-order valence-electron chi connectivity index (χ1n) is 5.56. The topological polar surface area (TPSA) is 52.3 Å². The number of amides is 1. The fourth-order valence-electron chi connectivity index (χ4n) is 1.76. The maximum Gasteiger partial charge on any atom is 0.573 e. The van der Waals surface area contributed by atoms with Gasteiger partial charge in [-0.25, -0.2) is 0 Å². The summed E-state index contributed by atoms with van der Waals surface area (Å²) in [7, 11) is 0. The number of nitrogens with two attached hydrogens (primary N) is 1. The molecule has 0 aliphatic carbocycles. The second-order valence-corrected chi connectivity index (χ2v) is 4.93. The molecule has 0 fully saturated rings. The summed E-state index contributed by atoms with van der Waals surface area (Å²) in [5, 5.41) is 1.71. The first kappa shape index (κ1) is 14.4. The predicted octanol–water partition coefficient (Wildman–Crippen LogP) is 3.34. The average Bonchev–Trinajstić information content (AvgIpc) is 2.75. The van der Waals surface area contributed by atoms with Crippen molar-refractivity contribution >= 4 is 17.2 Å². The van der Waals surface area contributed by atoms with Crippen molar-refractivity contribution in [3.05, 3.63) is 51.7 Å². The van der Waals surface area contributed by atoms with Crippen LogP contribution in [0, 0.1) is 0 Å². The monoisotopic (exact) mass is 301 g/mol. The third-order valence-corrected chi connectivity index (χ3v) is 3.47. The van der Waals surface area contributed by atoms with Crippen molar-refractivity contribution in [1.82, 2.24) is 0 Å². The number of carbonyl (C=O) groups is 1. The van der Waals surface area contributed by atoms with Crippen molar-refractivity contribution in [2.24, 2.45) is 5.73 Å². The van der Waals surface area contributed by atoms with Crippen LogP contribution < -0.4 is 10.5 Å². The van der Waals surface area contributed by atoms with Crippen molar-refractivity contribution in [1.29, 1.82) is 0 Å². The highest BCUT2D eigenvalue weighted by Gasteiger charge is 2.31. The van der Waals surface area contributed by atoms with Crippen molar-refractivity contribution < 1.29 is 22.7 Å². The van der Waals surface area contributed by atoms with E-state index in [9.17, 15) is 18.0 Å². The van der Waals surface area contributed by atoms with E-state index in [-0.39, 0.29) is 5.75 Å². The molecule has 0 unspecified atom stereocenters. The fraction of sp³-hybridized carbons (Fsp3) is 0.154. The zero-order valence-corrected chi connectivity index (χ0v) is 10.9. The Labute approximate surface area is 116 Å². The summed E-state index contributed by atoms with van der Waals surface area (Å²) in [6.07, 6.45) is -4.41. The van der Waals surface area contributed by atoms with E-state index in [0.29, 0.717) is 22.4 Å². The van der Waals surface area contributed by atoms with E-state index in [0.717, 1.165) is 0 Å². The van der Waals surface area contributed by atoms with Gasteiger partial charge in [-0.2, -0.15) is 0 Å². The Morgan fingerprint density at radius 1 is 1.30 bits per heavy atom. The van der Waals surface area contributed by atoms with Gasteiger partial charge in [-0.15, -0.1) is 24.5 Å². The summed E-state index contributed by atoms with van der Waals surface area (Å²) in [4.78, 5) is 11.6. The van der Waals surface area contributed by atoms with Crippen LogP contribution in [0.1, 0.15) is 20.8 Å². The second-order valence-electron chi connectivity index (χ2n) is 4.01. The van der Waals surface area contributed by atoms with Crippen LogP contribution in [0.25, 0.3) is 0 Å². The normalized spacial score (nSPS) is 11.3. The van der Waals surface area contributed by atoms with E-state index in [4.69, 9.17) is 5.73 Å². The van der Waals surface area contributed by atoms with E-state index >= 15 is 0 Å². The van der Waals surface area contributed by atoms with Crippen molar-refractivity contribution in [2.45, 2.75) is 12.8 Å². The van der Waals surface area contributed by atoms with Gasteiger partial charge in [0.25, 0.3) is 5.91 Å². The Hall–Kier alpha value is -2.02. The SMILES string of the molecule is NC(=O)c1sccc1Cc1cccc(OC(F)(F)F)c1. The van der Waals surface area contributed by atoms with Crippen LogP contribution in [0.15, 0.2) is 35.7 Å². The van der Waals surface area contributed by atoms with E-state index in [1.54, 1.807) is 17.5 Å². The van der Waals surface area contributed by atoms with Gasteiger partial charge < -0.3 is 10.5 Å². The minimum atomic E-state index is -4.72. The number of hydrogen-bond acceptors (Lipinski definition) is 3. The standard InChI is InChI=1S/C13H10F3NO2S/c14-13(15,16)19-10-3-1-2-8(7-10)6-9-4-5-20-11(9)12(17)18/h1-5,7H,6H2,(H2,17,18). The molecule has 2 aromatic rings. The van der Waals surface area contributed by atoms with Crippen LogP contribution in [0.4, 0.5) is 13.2 Å². The molecule has 2 N–H and O–H groups in total. The smallest absolute Gasteiger partial charge is 0.406 e. The summed E-state index contributed by atoms with van der Waals surface area (Å²) in [5.41, 5.74) is 6.51. The molecule has 1 heterocycles. The van der Waals surface area contributed by atoms with E-state index in [2.05, 4.69) is 4.74 Å². The minimum absolute atomic E-state index is 0.286. The number of halogens is 3. The van der Waals surface area contributed by atoms with Gasteiger partial charge in [-0.1, -0.05) is 12.1 Å². The molecular weight excluding hydrogens is 291 g/mol. The molecule has 0 radical (unpaired) electrons. The first-order valence-corrected chi connectivity index (χ1v) is 6.44. The molecule has 0 atom stereocenters. The lowest BCUT2D eigenvalue weighted by Crippen LogP contribution is -2.17. The van der Waals surface area contributed by atoms with Crippen LogP contribution in [0.2, 0.25) is 0 Å². The number of hydrogen-bond donors (Lipinski definition) is 1. The Kier molecular flexibility index (Phi) is 3.99. The van der Waals surface area contributed by atoms with Crippen molar-refractivity contribution in [3.8, 4) is 5.75 Å².